The fourth-order valence-corrected chi connectivity index (χ4v) is 2.71. The Bertz CT molecular complexity index is 805. The number of methoxy groups -OCH3 is 3. The third-order valence-electron chi connectivity index (χ3n) is 4.21. The molecule has 2 aromatic rings. The quantitative estimate of drug-likeness (QED) is 0.666. The molecule has 0 unspecified atom stereocenters. The molecule has 28 heavy (non-hydrogen) atoms. The van der Waals surface area contributed by atoms with E-state index in [1.807, 2.05) is 30.1 Å². The number of nitrogens with one attached hydrogen (secondary N) is 1. The molecule has 0 heterocycles. The monoisotopic (exact) mass is 386 g/mol. The molecule has 0 spiro atoms. The van der Waals surface area contributed by atoms with Gasteiger partial charge in [-0.25, -0.2) is 4.79 Å². The summed E-state index contributed by atoms with van der Waals surface area (Å²) in [6.07, 6.45) is 0. The summed E-state index contributed by atoms with van der Waals surface area (Å²) >= 11 is 0. The summed E-state index contributed by atoms with van der Waals surface area (Å²) in [5.41, 5.74) is 2.35. The number of likely N-dealkylation sites (N-methyl/N-ethyl adjacent to an activating group) is 1. The van der Waals surface area contributed by atoms with Crippen LogP contribution in [-0.4, -0.2) is 51.7 Å². The van der Waals surface area contributed by atoms with Crippen LogP contribution in [0.1, 0.15) is 21.5 Å². The van der Waals surface area contributed by atoms with E-state index >= 15 is 0 Å². The first-order valence-electron chi connectivity index (χ1n) is 8.80. The summed E-state index contributed by atoms with van der Waals surface area (Å²) < 4.78 is 15.3. The van der Waals surface area contributed by atoms with Crippen LogP contribution in [0, 0.1) is 0 Å². The highest BCUT2D eigenvalue weighted by Crippen LogP contribution is 2.25. The molecule has 1 amide bonds. The summed E-state index contributed by atoms with van der Waals surface area (Å²) in [5.74, 6) is 0.967. The molecule has 7 heteroatoms. The number of carbonyl (C=O) groups is 2. The van der Waals surface area contributed by atoms with Crippen molar-refractivity contribution in [2.45, 2.75) is 13.1 Å². The predicted octanol–water partition coefficient (Wildman–Crippen LogP) is 2.24. The van der Waals surface area contributed by atoms with E-state index in [4.69, 9.17) is 9.47 Å². The first kappa shape index (κ1) is 21.2. The Hall–Kier alpha value is -3.06. The molecule has 2 aromatic carbocycles. The van der Waals surface area contributed by atoms with Crippen molar-refractivity contribution in [2.75, 3.05) is 34.9 Å². The largest absolute Gasteiger partial charge is 0.497 e. The van der Waals surface area contributed by atoms with Crippen LogP contribution in [0.15, 0.2) is 42.5 Å². The van der Waals surface area contributed by atoms with Gasteiger partial charge in [-0.15, -0.1) is 0 Å². The van der Waals surface area contributed by atoms with Crippen LogP contribution in [-0.2, 0) is 22.6 Å². The van der Waals surface area contributed by atoms with Crippen LogP contribution in [0.2, 0.25) is 0 Å². The molecule has 0 fully saturated rings. The second-order valence-electron chi connectivity index (χ2n) is 6.32. The third-order valence-corrected chi connectivity index (χ3v) is 4.21. The van der Waals surface area contributed by atoms with E-state index in [1.165, 1.54) is 7.11 Å². The highest BCUT2D eigenvalue weighted by Gasteiger charge is 2.11. The Morgan fingerprint density at radius 2 is 1.71 bits per heavy atom. The fraction of sp³-hybridized carbons (Fsp3) is 0.333. The van der Waals surface area contributed by atoms with Crippen molar-refractivity contribution in [3.05, 3.63) is 59.2 Å². The van der Waals surface area contributed by atoms with Gasteiger partial charge in [0.05, 0.1) is 33.4 Å². The standard InChI is InChI=1S/C21H26N2O5/c1-23(13-17-9-10-18(26-2)11-19(17)27-3)14-20(24)22-12-15-5-7-16(8-6-15)21(25)28-4/h5-11H,12-14H2,1-4H3,(H,22,24). The number of hydrogen-bond donors (Lipinski definition) is 1. The summed E-state index contributed by atoms with van der Waals surface area (Å²) in [7, 11) is 6.42. The molecule has 0 bridgehead atoms. The molecule has 0 atom stereocenters. The first-order valence-corrected chi connectivity index (χ1v) is 8.80. The van der Waals surface area contributed by atoms with Gasteiger partial charge in [0.2, 0.25) is 5.91 Å². The molecule has 2 rings (SSSR count). The third kappa shape index (κ3) is 5.99. The molecule has 0 aliphatic rings. The lowest BCUT2D eigenvalue weighted by atomic mass is 10.1. The maximum atomic E-state index is 12.2. The minimum Gasteiger partial charge on any atom is -0.497 e. The fourth-order valence-electron chi connectivity index (χ4n) is 2.71. The van der Waals surface area contributed by atoms with Gasteiger partial charge in [0.15, 0.2) is 0 Å². The maximum Gasteiger partial charge on any atom is 0.337 e. The van der Waals surface area contributed by atoms with Crippen molar-refractivity contribution in [3.63, 3.8) is 0 Å². The van der Waals surface area contributed by atoms with Crippen molar-refractivity contribution in [1.29, 1.82) is 0 Å². The lowest BCUT2D eigenvalue weighted by molar-refractivity contribution is -0.122. The van der Waals surface area contributed by atoms with Gasteiger partial charge in [0.1, 0.15) is 11.5 Å². The van der Waals surface area contributed by atoms with Crippen LogP contribution >= 0.6 is 0 Å². The van der Waals surface area contributed by atoms with Gasteiger partial charge < -0.3 is 19.5 Å². The van der Waals surface area contributed by atoms with Gasteiger partial charge in [-0.1, -0.05) is 18.2 Å². The van der Waals surface area contributed by atoms with Gasteiger partial charge in [0.25, 0.3) is 0 Å². The Morgan fingerprint density at radius 3 is 2.32 bits per heavy atom. The molecule has 0 saturated carbocycles. The van der Waals surface area contributed by atoms with Crippen LogP contribution in [0.4, 0.5) is 0 Å². The van der Waals surface area contributed by atoms with Crippen LogP contribution in [0.25, 0.3) is 0 Å². The van der Waals surface area contributed by atoms with Gasteiger partial charge in [-0.05, 0) is 30.8 Å². The molecule has 0 radical (unpaired) electrons. The Morgan fingerprint density at radius 1 is 1.00 bits per heavy atom. The minimum absolute atomic E-state index is 0.0907. The van der Waals surface area contributed by atoms with E-state index in [-0.39, 0.29) is 18.4 Å². The molecular weight excluding hydrogens is 360 g/mol. The molecule has 0 aromatic heterocycles. The van der Waals surface area contributed by atoms with Gasteiger partial charge in [-0.3, -0.25) is 9.69 Å². The number of carbonyl (C=O) groups excluding carboxylic acids is 2. The van der Waals surface area contributed by atoms with E-state index < -0.39 is 0 Å². The number of nitrogens with zero attached hydrogens (tertiary/aromatic N) is 1. The number of benzene rings is 2. The first-order chi connectivity index (χ1) is 13.5. The number of amides is 1. The molecule has 1 N–H and O–H groups in total. The Labute approximate surface area is 165 Å². The summed E-state index contributed by atoms with van der Waals surface area (Å²) in [5, 5.41) is 2.88. The average molecular weight is 386 g/mol. The predicted molar refractivity (Wildman–Crippen MR) is 106 cm³/mol. The van der Waals surface area contributed by atoms with Crippen molar-refractivity contribution in [3.8, 4) is 11.5 Å². The van der Waals surface area contributed by atoms with Gasteiger partial charge in [0, 0.05) is 24.7 Å². The summed E-state index contributed by atoms with van der Waals surface area (Å²) in [6.45, 7) is 1.20. The Balaban J connectivity index is 1.85. The van der Waals surface area contributed by atoms with Crippen molar-refractivity contribution < 1.29 is 23.8 Å². The highest BCUT2D eigenvalue weighted by atomic mass is 16.5. The average Bonchev–Trinajstić information content (AvgIpc) is 2.72. The molecule has 150 valence electrons. The smallest absolute Gasteiger partial charge is 0.337 e. The summed E-state index contributed by atoms with van der Waals surface area (Å²) in [6, 6.07) is 12.5. The minimum atomic E-state index is -0.383. The summed E-state index contributed by atoms with van der Waals surface area (Å²) in [4.78, 5) is 25.5. The van der Waals surface area contributed by atoms with Crippen LogP contribution < -0.4 is 14.8 Å². The van der Waals surface area contributed by atoms with Crippen molar-refractivity contribution >= 4 is 11.9 Å². The zero-order valence-electron chi connectivity index (χ0n) is 16.7. The molecule has 7 nitrogen and oxygen atoms in total. The second-order valence-corrected chi connectivity index (χ2v) is 6.32. The van der Waals surface area contributed by atoms with E-state index in [2.05, 4.69) is 10.1 Å². The normalized spacial score (nSPS) is 10.5. The van der Waals surface area contributed by atoms with Crippen molar-refractivity contribution in [2.24, 2.45) is 0 Å². The number of hydrogen-bond acceptors (Lipinski definition) is 6. The number of rotatable bonds is 9. The van der Waals surface area contributed by atoms with Crippen molar-refractivity contribution in [1.82, 2.24) is 10.2 Å². The van der Waals surface area contributed by atoms with E-state index in [1.54, 1.807) is 38.5 Å². The zero-order chi connectivity index (χ0) is 20.5. The SMILES string of the molecule is COC(=O)c1ccc(CNC(=O)CN(C)Cc2ccc(OC)cc2OC)cc1. The van der Waals surface area contributed by atoms with Crippen LogP contribution in [0.5, 0.6) is 11.5 Å². The van der Waals surface area contributed by atoms with Gasteiger partial charge in [-0.2, -0.15) is 0 Å². The van der Waals surface area contributed by atoms with Gasteiger partial charge >= 0.3 is 5.97 Å². The molecule has 0 aliphatic heterocycles. The van der Waals surface area contributed by atoms with E-state index in [0.717, 1.165) is 22.6 Å². The molecule has 0 saturated heterocycles. The second kappa shape index (κ2) is 10.3. The Kier molecular flexibility index (Phi) is 7.83. The van der Waals surface area contributed by atoms with E-state index in [9.17, 15) is 9.59 Å². The highest BCUT2D eigenvalue weighted by molar-refractivity contribution is 5.89. The van der Waals surface area contributed by atoms with E-state index in [0.29, 0.717) is 18.7 Å². The molecule has 0 aliphatic carbocycles. The topological polar surface area (TPSA) is 77.1 Å². The lowest BCUT2D eigenvalue weighted by Gasteiger charge is -2.18. The maximum absolute atomic E-state index is 12.2. The number of esters is 1. The van der Waals surface area contributed by atoms with Crippen LogP contribution in [0.3, 0.4) is 0 Å². The lowest BCUT2D eigenvalue weighted by Crippen LogP contribution is -2.34. The molecular formula is C21H26N2O5. The zero-order valence-corrected chi connectivity index (χ0v) is 16.7. The number of ether oxygens (including phenoxy) is 3.